The van der Waals surface area contributed by atoms with Crippen LogP contribution in [0.3, 0.4) is 0 Å². The number of benzene rings is 1. The molecule has 162 valence electrons. The van der Waals surface area contributed by atoms with Crippen molar-refractivity contribution < 1.29 is 14.3 Å². The van der Waals surface area contributed by atoms with E-state index in [1.54, 1.807) is 0 Å². The van der Waals surface area contributed by atoms with E-state index in [0.717, 1.165) is 39.1 Å². The largest absolute Gasteiger partial charge is 0.379 e. The van der Waals surface area contributed by atoms with E-state index in [9.17, 15) is 9.59 Å². The lowest BCUT2D eigenvalue weighted by Gasteiger charge is -2.37. The molecule has 30 heavy (non-hydrogen) atoms. The van der Waals surface area contributed by atoms with Gasteiger partial charge in [-0.1, -0.05) is 36.4 Å². The molecule has 0 aliphatic carbocycles. The highest BCUT2D eigenvalue weighted by atomic mass is 16.5. The summed E-state index contributed by atoms with van der Waals surface area (Å²) >= 11 is 0. The topological polar surface area (TPSA) is 56.3 Å². The first kappa shape index (κ1) is 21.0. The van der Waals surface area contributed by atoms with Gasteiger partial charge in [-0.2, -0.15) is 0 Å². The van der Waals surface area contributed by atoms with Crippen molar-refractivity contribution in [3.8, 4) is 0 Å². The number of ether oxygens (including phenoxy) is 1. The average molecular weight is 413 g/mol. The molecule has 1 aromatic rings. The van der Waals surface area contributed by atoms with Crippen LogP contribution in [-0.4, -0.2) is 110 Å². The summed E-state index contributed by atoms with van der Waals surface area (Å²) in [5.41, 5.74) is 2.58. The fourth-order valence-corrected chi connectivity index (χ4v) is 4.31. The van der Waals surface area contributed by atoms with Gasteiger partial charge < -0.3 is 14.5 Å². The van der Waals surface area contributed by atoms with Gasteiger partial charge in [-0.3, -0.25) is 19.4 Å². The highest BCUT2D eigenvalue weighted by Crippen LogP contribution is 2.22. The summed E-state index contributed by atoms with van der Waals surface area (Å²) in [4.78, 5) is 33.5. The van der Waals surface area contributed by atoms with Crippen molar-refractivity contribution in [3.05, 3.63) is 42.0 Å². The van der Waals surface area contributed by atoms with Crippen LogP contribution in [0, 0.1) is 0 Å². The minimum atomic E-state index is 0.187. The van der Waals surface area contributed by atoms with E-state index in [-0.39, 0.29) is 11.8 Å². The molecule has 7 heteroatoms. The lowest BCUT2D eigenvalue weighted by atomic mass is 9.99. The quantitative estimate of drug-likeness (QED) is 0.716. The summed E-state index contributed by atoms with van der Waals surface area (Å²) < 4.78 is 5.34. The van der Waals surface area contributed by atoms with Crippen LogP contribution in [-0.2, 0) is 14.3 Å². The molecule has 0 N–H and O–H groups in total. The highest BCUT2D eigenvalue weighted by Gasteiger charge is 2.26. The maximum atomic E-state index is 12.7. The summed E-state index contributed by atoms with van der Waals surface area (Å²) in [7, 11) is 0. The SMILES string of the molecule is O=C(CN1CCN(C(=O)CN2CCOCC2)CC1)N1CC=C(c2ccccc2)CC1. The Labute approximate surface area is 178 Å². The number of hydrogen-bond donors (Lipinski definition) is 0. The number of amides is 2. The van der Waals surface area contributed by atoms with Gasteiger partial charge in [0, 0.05) is 52.4 Å². The van der Waals surface area contributed by atoms with Crippen molar-refractivity contribution in [1.29, 1.82) is 0 Å². The fraction of sp³-hybridized carbons (Fsp3) is 0.565. The van der Waals surface area contributed by atoms with Crippen LogP contribution in [0.1, 0.15) is 12.0 Å². The van der Waals surface area contributed by atoms with Crippen molar-refractivity contribution in [2.75, 3.05) is 78.7 Å². The number of morpholine rings is 1. The van der Waals surface area contributed by atoms with Crippen molar-refractivity contribution in [2.45, 2.75) is 6.42 Å². The first-order valence-corrected chi connectivity index (χ1v) is 11.0. The minimum absolute atomic E-state index is 0.187. The Kier molecular flexibility index (Phi) is 7.15. The Morgan fingerprint density at radius 3 is 2.03 bits per heavy atom. The standard InChI is InChI=1S/C23H32N4O3/c28-22(26-8-6-21(7-9-26)20-4-2-1-3-5-20)18-24-10-12-27(13-11-24)23(29)19-25-14-16-30-17-15-25/h1-6H,7-19H2. The van der Waals surface area contributed by atoms with Crippen molar-refractivity contribution in [1.82, 2.24) is 19.6 Å². The first-order valence-electron chi connectivity index (χ1n) is 11.0. The smallest absolute Gasteiger partial charge is 0.237 e. The predicted molar refractivity (Wildman–Crippen MR) is 116 cm³/mol. The Balaban J connectivity index is 1.19. The third-order valence-corrected chi connectivity index (χ3v) is 6.25. The molecule has 2 saturated heterocycles. The van der Waals surface area contributed by atoms with Crippen LogP contribution in [0.25, 0.3) is 5.57 Å². The molecule has 3 aliphatic heterocycles. The number of carbonyl (C=O) groups is 2. The van der Waals surface area contributed by atoms with Crippen LogP contribution in [0.4, 0.5) is 0 Å². The van der Waals surface area contributed by atoms with E-state index in [1.807, 2.05) is 15.9 Å². The van der Waals surface area contributed by atoms with Crippen molar-refractivity contribution in [2.24, 2.45) is 0 Å². The third kappa shape index (κ3) is 5.47. The van der Waals surface area contributed by atoms with Crippen LogP contribution in [0.15, 0.2) is 36.4 Å². The van der Waals surface area contributed by atoms with E-state index < -0.39 is 0 Å². The number of carbonyl (C=O) groups excluding carboxylic acids is 2. The molecule has 0 aromatic heterocycles. The average Bonchev–Trinajstić information content (AvgIpc) is 2.81. The van der Waals surface area contributed by atoms with Crippen LogP contribution in [0.5, 0.6) is 0 Å². The number of nitrogens with zero attached hydrogens (tertiary/aromatic N) is 4. The van der Waals surface area contributed by atoms with Gasteiger partial charge in [0.15, 0.2) is 0 Å². The Bertz CT molecular complexity index is 753. The van der Waals surface area contributed by atoms with Crippen molar-refractivity contribution >= 4 is 17.4 Å². The Hall–Kier alpha value is -2.22. The maximum absolute atomic E-state index is 12.7. The molecule has 0 bridgehead atoms. The normalized spacial score (nSPS) is 21.4. The van der Waals surface area contributed by atoms with E-state index in [2.05, 4.69) is 40.1 Å². The highest BCUT2D eigenvalue weighted by molar-refractivity contribution is 5.80. The monoisotopic (exact) mass is 412 g/mol. The van der Waals surface area contributed by atoms with Gasteiger partial charge in [0.25, 0.3) is 0 Å². The zero-order valence-corrected chi connectivity index (χ0v) is 17.7. The summed E-state index contributed by atoms with van der Waals surface area (Å²) in [6.07, 6.45) is 3.08. The summed E-state index contributed by atoms with van der Waals surface area (Å²) in [6, 6.07) is 10.4. The lowest BCUT2D eigenvalue weighted by Crippen LogP contribution is -2.54. The van der Waals surface area contributed by atoms with Gasteiger partial charge in [-0.05, 0) is 17.6 Å². The van der Waals surface area contributed by atoms with Gasteiger partial charge in [0.05, 0.1) is 26.3 Å². The molecule has 0 saturated carbocycles. The van der Waals surface area contributed by atoms with E-state index >= 15 is 0 Å². The van der Waals surface area contributed by atoms with Crippen LogP contribution >= 0.6 is 0 Å². The second-order valence-electron chi connectivity index (χ2n) is 8.23. The Morgan fingerprint density at radius 2 is 1.40 bits per heavy atom. The van der Waals surface area contributed by atoms with Crippen molar-refractivity contribution in [3.63, 3.8) is 0 Å². The molecular weight excluding hydrogens is 380 g/mol. The number of rotatable bonds is 5. The third-order valence-electron chi connectivity index (χ3n) is 6.25. The Morgan fingerprint density at radius 1 is 0.767 bits per heavy atom. The molecule has 7 nitrogen and oxygen atoms in total. The maximum Gasteiger partial charge on any atom is 0.237 e. The second kappa shape index (κ2) is 10.2. The van der Waals surface area contributed by atoms with E-state index in [1.165, 1.54) is 11.1 Å². The van der Waals surface area contributed by atoms with E-state index in [4.69, 9.17) is 4.74 Å². The fourth-order valence-electron chi connectivity index (χ4n) is 4.31. The molecule has 3 aliphatic rings. The summed E-state index contributed by atoms with van der Waals surface area (Å²) in [6.45, 7) is 8.39. The molecule has 0 radical (unpaired) electrons. The number of piperazine rings is 1. The zero-order chi connectivity index (χ0) is 20.8. The minimum Gasteiger partial charge on any atom is -0.379 e. The van der Waals surface area contributed by atoms with E-state index in [0.29, 0.717) is 45.9 Å². The predicted octanol–water partition coefficient (Wildman–Crippen LogP) is 0.779. The molecule has 3 heterocycles. The molecule has 0 atom stereocenters. The molecule has 0 unspecified atom stereocenters. The summed E-state index contributed by atoms with van der Waals surface area (Å²) in [5.74, 6) is 0.379. The molecule has 4 rings (SSSR count). The first-order chi connectivity index (χ1) is 14.7. The van der Waals surface area contributed by atoms with Gasteiger partial charge in [0.1, 0.15) is 0 Å². The zero-order valence-electron chi connectivity index (χ0n) is 17.7. The lowest BCUT2D eigenvalue weighted by molar-refractivity contribution is -0.136. The van der Waals surface area contributed by atoms with Gasteiger partial charge in [-0.15, -0.1) is 0 Å². The van der Waals surface area contributed by atoms with Gasteiger partial charge in [-0.25, -0.2) is 0 Å². The molecular formula is C23H32N4O3. The van der Waals surface area contributed by atoms with Gasteiger partial charge in [0.2, 0.25) is 11.8 Å². The second-order valence-corrected chi connectivity index (χ2v) is 8.23. The molecule has 1 aromatic carbocycles. The van der Waals surface area contributed by atoms with Crippen LogP contribution in [0.2, 0.25) is 0 Å². The molecule has 2 fully saturated rings. The van der Waals surface area contributed by atoms with Gasteiger partial charge >= 0.3 is 0 Å². The molecule has 0 spiro atoms. The molecule has 2 amide bonds. The summed E-state index contributed by atoms with van der Waals surface area (Å²) in [5, 5.41) is 0. The van der Waals surface area contributed by atoms with Crippen LogP contribution < -0.4 is 0 Å². The number of hydrogen-bond acceptors (Lipinski definition) is 5.